The standard InChI is InChI=1S/C13H24N4O3/c1-8(2)7-10(12(19)17(3)13(14)20)16-11(18)9-5-4-6-15-9/h8-10,15H,4-7H2,1-3H3,(H2,14,20)(H,16,18)/t9-,10-/m0/s1. The minimum absolute atomic E-state index is 0.195. The van der Waals surface area contributed by atoms with Crippen molar-refractivity contribution in [2.45, 2.75) is 45.2 Å². The first-order valence-corrected chi connectivity index (χ1v) is 6.93. The van der Waals surface area contributed by atoms with Crippen LogP contribution in [0.5, 0.6) is 0 Å². The molecule has 1 aliphatic rings. The van der Waals surface area contributed by atoms with E-state index in [1.165, 1.54) is 7.05 Å². The molecule has 0 aromatic rings. The van der Waals surface area contributed by atoms with Gasteiger partial charge in [-0.3, -0.25) is 14.5 Å². The Morgan fingerprint density at radius 2 is 2.05 bits per heavy atom. The van der Waals surface area contributed by atoms with Crippen molar-refractivity contribution in [2.24, 2.45) is 11.7 Å². The second kappa shape index (κ2) is 7.23. The molecule has 114 valence electrons. The van der Waals surface area contributed by atoms with E-state index in [2.05, 4.69) is 10.6 Å². The van der Waals surface area contributed by atoms with E-state index in [4.69, 9.17) is 5.73 Å². The largest absolute Gasteiger partial charge is 0.351 e. The van der Waals surface area contributed by atoms with Crippen molar-refractivity contribution in [3.8, 4) is 0 Å². The molecule has 0 bridgehead atoms. The molecule has 1 aliphatic heterocycles. The van der Waals surface area contributed by atoms with E-state index in [9.17, 15) is 14.4 Å². The maximum atomic E-state index is 12.2. The molecule has 0 unspecified atom stereocenters. The molecule has 20 heavy (non-hydrogen) atoms. The van der Waals surface area contributed by atoms with Crippen LogP contribution in [0.4, 0.5) is 4.79 Å². The highest BCUT2D eigenvalue weighted by atomic mass is 16.2. The Kier molecular flexibility index (Phi) is 5.94. The third kappa shape index (κ3) is 4.48. The third-order valence-corrected chi connectivity index (χ3v) is 3.36. The average molecular weight is 284 g/mol. The fraction of sp³-hybridized carbons (Fsp3) is 0.769. The van der Waals surface area contributed by atoms with Gasteiger partial charge in [-0.2, -0.15) is 0 Å². The first-order valence-electron chi connectivity index (χ1n) is 6.93. The van der Waals surface area contributed by atoms with Gasteiger partial charge in [0.1, 0.15) is 6.04 Å². The summed E-state index contributed by atoms with van der Waals surface area (Å²) in [6.45, 7) is 4.71. The molecule has 1 saturated heterocycles. The quantitative estimate of drug-likeness (QED) is 0.650. The molecule has 0 aromatic heterocycles. The lowest BCUT2D eigenvalue weighted by atomic mass is 10.0. The summed E-state index contributed by atoms with van der Waals surface area (Å²) in [6, 6.07) is -1.80. The Labute approximate surface area is 119 Å². The molecule has 0 aromatic carbocycles. The molecule has 0 aliphatic carbocycles. The van der Waals surface area contributed by atoms with E-state index in [-0.39, 0.29) is 17.9 Å². The number of nitrogens with one attached hydrogen (secondary N) is 2. The Hall–Kier alpha value is -1.63. The summed E-state index contributed by atoms with van der Waals surface area (Å²) in [6.07, 6.45) is 2.18. The molecule has 0 radical (unpaired) electrons. The van der Waals surface area contributed by atoms with E-state index >= 15 is 0 Å². The molecule has 4 amide bonds. The Morgan fingerprint density at radius 1 is 1.40 bits per heavy atom. The Bertz CT molecular complexity index is 378. The molecule has 0 spiro atoms. The second-order valence-electron chi connectivity index (χ2n) is 5.58. The van der Waals surface area contributed by atoms with Crippen LogP contribution in [0.15, 0.2) is 0 Å². The fourth-order valence-corrected chi connectivity index (χ4v) is 2.22. The maximum Gasteiger partial charge on any atom is 0.321 e. The van der Waals surface area contributed by atoms with Gasteiger partial charge in [0, 0.05) is 7.05 Å². The van der Waals surface area contributed by atoms with E-state index in [0.29, 0.717) is 6.42 Å². The van der Waals surface area contributed by atoms with Gasteiger partial charge in [0.25, 0.3) is 5.91 Å². The number of rotatable bonds is 5. The molecular formula is C13H24N4O3. The lowest BCUT2D eigenvalue weighted by molar-refractivity contribution is -0.134. The number of hydrogen-bond acceptors (Lipinski definition) is 4. The predicted molar refractivity (Wildman–Crippen MR) is 74.8 cm³/mol. The second-order valence-corrected chi connectivity index (χ2v) is 5.58. The van der Waals surface area contributed by atoms with Crippen LogP contribution in [0.25, 0.3) is 0 Å². The van der Waals surface area contributed by atoms with Gasteiger partial charge < -0.3 is 16.4 Å². The van der Waals surface area contributed by atoms with Crippen LogP contribution in [0, 0.1) is 5.92 Å². The normalized spacial score (nSPS) is 19.7. The van der Waals surface area contributed by atoms with Gasteiger partial charge in [-0.15, -0.1) is 0 Å². The zero-order valence-electron chi connectivity index (χ0n) is 12.3. The smallest absolute Gasteiger partial charge is 0.321 e. The number of nitrogens with zero attached hydrogens (tertiary/aromatic N) is 1. The number of carbonyl (C=O) groups excluding carboxylic acids is 3. The number of likely N-dealkylation sites (N-methyl/N-ethyl adjacent to an activating group) is 1. The molecule has 7 nitrogen and oxygen atoms in total. The van der Waals surface area contributed by atoms with Crippen LogP contribution in [-0.2, 0) is 9.59 Å². The number of imide groups is 1. The molecule has 1 rings (SSSR count). The van der Waals surface area contributed by atoms with E-state index in [0.717, 1.165) is 24.3 Å². The minimum Gasteiger partial charge on any atom is -0.351 e. The zero-order valence-corrected chi connectivity index (χ0v) is 12.3. The van der Waals surface area contributed by atoms with Crippen LogP contribution < -0.4 is 16.4 Å². The highest BCUT2D eigenvalue weighted by Crippen LogP contribution is 2.10. The van der Waals surface area contributed by atoms with Gasteiger partial charge in [-0.25, -0.2) is 4.79 Å². The van der Waals surface area contributed by atoms with E-state index < -0.39 is 18.0 Å². The first-order chi connectivity index (χ1) is 9.32. The fourth-order valence-electron chi connectivity index (χ4n) is 2.22. The average Bonchev–Trinajstić information content (AvgIpc) is 2.89. The number of amides is 4. The highest BCUT2D eigenvalue weighted by molar-refractivity contribution is 5.98. The van der Waals surface area contributed by atoms with Crippen LogP contribution in [0.3, 0.4) is 0 Å². The van der Waals surface area contributed by atoms with Crippen LogP contribution in [-0.4, -0.2) is 48.4 Å². The summed E-state index contributed by atoms with van der Waals surface area (Å²) >= 11 is 0. The van der Waals surface area contributed by atoms with Gasteiger partial charge >= 0.3 is 6.03 Å². The predicted octanol–water partition coefficient (Wildman–Crippen LogP) is -0.194. The van der Waals surface area contributed by atoms with Crippen molar-refractivity contribution < 1.29 is 14.4 Å². The van der Waals surface area contributed by atoms with Gasteiger partial charge in [-0.1, -0.05) is 13.8 Å². The van der Waals surface area contributed by atoms with Gasteiger partial charge in [0.05, 0.1) is 6.04 Å². The molecule has 0 saturated carbocycles. The Morgan fingerprint density at radius 3 is 2.50 bits per heavy atom. The molecular weight excluding hydrogens is 260 g/mol. The van der Waals surface area contributed by atoms with Crippen LogP contribution >= 0.6 is 0 Å². The summed E-state index contributed by atoms with van der Waals surface area (Å²) < 4.78 is 0. The lowest BCUT2D eigenvalue weighted by Crippen LogP contribution is -2.54. The number of primary amides is 1. The van der Waals surface area contributed by atoms with Crippen molar-refractivity contribution in [3.05, 3.63) is 0 Å². The van der Waals surface area contributed by atoms with Crippen molar-refractivity contribution >= 4 is 17.8 Å². The van der Waals surface area contributed by atoms with Gasteiger partial charge in [0.15, 0.2) is 0 Å². The van der Waals surface area contributed by atoms with Crippen molar-refractivity contribution in [2.75, 3.05) is 13.6 Å². The van der Waals surface area contributed by atoms with Crippen molar-refractivity contribution in [1.82, 2.24) is 15.5 Å². The summed E-state index contributed by atoms with van der Waals surface area (Å²) in [5.74, 6) is -0.459. The molecule has 2 atom stereocenters. The summed E-state index contributed by atoms with van der Waals surface area (Å²) in [4.78, 5) is 36.2. The number of carbonyl (C=O) groups is 3. The summed E-state index contributed by atoms with van der Waals surface area (Å²) in [5, 5.41) is 5.80. The lowest BCUT2D eigenvalue weighted by Gasteiger charge is -2.24. The number of urea groups is 1. The van der Waals surface area contributed by atoms with E-state index in [1.54, 1.807) is 0 Å². The molecule has 1 heterocycles. The zero-order chi connectivity index (χ0) is 15.3. The van der Waals surface area contributed by atoms with E-state index in [1.807, 2.05) is 13.8 Å². The molecule has 4 N–H and O–H groups in total. The van der Waals surface area contributed by atoms with Crippen molar-refractivity contribution in [1.29, 1.82) is 0 Å². The van der Waals surface area contributed by atoms with Crippen LogP contribution in [0.2, 0.25) is 0 Å². The van der Waals surface area contributed by atoms with Gasteiger partial charge in [0.2, 0.25) is 5.91 Å². The van der Waals surface area contributed by atoms with Gasteiger partial charge in [-0.05, 0) is 31.7 Å². The SMILES string of the molecule is CC(C)C[C@H](NC(=O)[C@@H]1CCCN1)C(=O)N(C)C(N)=O. The topological polar surface area (TPSA) is 105 Å². The molecule has 7 heteroatoms. The third-order valence-electron chi connectivity index (χ3n) is 3.36. The summed E-state index contributed by atoms with van der Waals surface area (Å²) in [7, 11) is 1.32. The number of nitrogens with two attached hydrogens (primary N) is 1. The first kappa shape index (κ1) is 16.4. The molecule has 1 fully saturated rings. The highest BCUT2D eigenvalue weighted by Gasteiger charge is 2.30. The maximum absolute atomic E-state index is 12.2. The monoisotopic (exact) mass is 284 g/mol. The van der Waals surface area contributed by atoms with Crippen molar-refractivity contribution in [3.63, 3.8) is 0 Å². The van der Waals surface area contributed by atoms with Crippen LogP contribution in [0.1, 0.15) is 33.1 Å². The Balaban J connectivity index is 2.70. The number of hydrogen-bond donors (Lipinski definition) is 3. The summed E-state index contributed by atoms with van der Waals surface area (Å²) in [5.41, 5.74) is 5.10. The minimum atomic E-state index is -0.822.